The van der Waals surface area contributed by atoms with Gasteiger partial charge in [0.2, 0.25) is 0 Å². The van der Waals surface area contributed by atoms with E-state index < -0.39 is 0 Å². The first-order valence-corrected chi connectivity index (χ1v) is 6.98. The maximum absolute atomic E-state index is 6.10. The Hall–Kier alpha value is -2.56. The van der Waals surface area contributed by atoms with Crippen molar-refractivity contribution in [2.75, 3.05) is 30.9 Å². The standard InChI is InChI=1S/C16H16N2O3/c17-11-7-15-16(20-6-5-19-15)8-12(11)18-13-9-21-14-4-2-1-3-10(13)14/h1-4,7-8,13,18H,5-6,9,17H2. The van der Waals surface area contributed by atoms with E-state index >= 15 is 0 Å². The van der Waals surface area contributed by atoms with Crippen LogP contribution in [-0.2, 0) is 0 Å². The lowest BCUT2D eigenvalue weighted by atomic mass is 10.1. The predicted octanol–water partition coefficient (Wildman–Crippen LogP) is 2.59. The predicted molar refractivity (Wildman–Crippen MR) is 80.1 cm³/mol. The summed E-state index contributed by atoms with van der Waals surface area (Å²) in [5, 5.41) is 3.43. The first kappa shape index (κ1) is 12.2. The third kappa shape index (κ3) is 2.11. The van der Waals surface area contributed by atoms with E-state index in [2.05, 4.69) is 11.4 Å². The van der Waals surface area contributed by atoms with Crippen LogP contribution in [0.1, 0.15) is 11.6 Å². The highest BCUT2D eigenvalue weighted by Gasteiger charge is 2.25. The summed E-state index contributed by atoms with van der Waals surface area (Å²) in [7, 11) is 0. The molecule has 1 atom stereocenters. The molecule has 4 rings (SSSR count). The summed E-state index contributed by atoms with van der Waals surface area (Å²) in [6.07, 6.45) is 0. The third-order valence-electron chi connectivity index (χ3n) is 3.74. The number of anilines is 2. The molecule has 0 radical (unpaired) electrons. The van der Waals surface area contributed by atoms with Gasteiger partial charge in [-0.15, -0.1) is 0 Å². The Morgan fingerprint density at radius 3 is 2.57 bits per heavy atom. The van der Waals surface area contributed by atoms with E-state index in [1.165, 1.54) is 0 Å². The molecule has 3 N–H and O–H groups in total. The number of nitrogens with two attached hydrogens (primary N) is 1. The zero-order valence-electron chi connectivity index (χ0n) is 11.5. The zero-order chi connectivity index (χ0) is 14.2. The van der Waals surface area contributed by atoms with Gasteiger partial charge in [-0.25, -0.2) is 0 Å². The lowest BCUT2D eigenvalue weighted by Crippen LogP contribution is -2.17. The second kappa shape index (κ2) is 4.77. The minimum atomic E-state index is 0.0889. The van der Waals surface area contributed by atoms with Crippen LogP contribution < -0.4 is 25.3 Å². The molecule has 0 saturated carbocycles. The van der Waals surface area contributed by atoms with Gasteiger partial charge in [0.1, 0.15) is 25.6 Å². The largest absolute Gasteiger partial charge is 0.491 e. The molecule has 0 amide bonds. The summed E-state index contributed by atoms with van der Waals surface area (Å²) in [5.41, 5.74) is 8.73. The maximum atomic E-state index is 6.10. The minimum absolute atomic E-state index is 0.0889. The topological polar surface area (TPSA) is 65.7 Å². The molecule has 0 fully saturated rings. The van der Waals surface area contributed by atoms with E-state index in [9.17, 15) is 0 Å². The van der Waals surface area contributed by atoms with Crippen LogP contribution in [0.25, 0.3) is 0 Å². The molecule has 1 unspecified atom stereocenters. The highest BCUT2D eigenvalue weighted by molar-refractivity contribution is 5.73. The Morgan fingerprint density at radius 2 is 1.71 bits per heavy atom. The van der Waals surface area contributed by atoms with Crippen molar-refractivity contribution in [3.05, 3.63) is 42.0 Å². The molecule has 2 heterocycles. The smallest absolute Gasteiger partial charge is 0.163 e. The van der Waals surface area contributed by atoms with Crippen LogP contribution in [0.15, 0.2) is 36.4 Å². The van der Waals surface area contributed by atoms with E-state index in [0.717, 1.165) is 22.7 Å². The molecule has 108 valence electrons. The lowest BCUT2D eigenvalue weighted by molar-refractivity contribution is 0.172. The Bertz CT molecular complexity index is 687. The van der Waals surface area contributed by atoms with Gasteiger partial charge >= 0.3 is 0 Å². The molecule has 5 nitrogen and oxygen atoms in total. The summed E-state index contributed by atoms with van der Waals surface area (Å²) in [5.74, 6) is 2.35. The number of para-hydroxylation sites is 1. The first-order chi connectivity index (χ1) is 10.3. The van der Waals surface area contributed by atoms with E-state index in [-0.39, 0.29) is 6.04 Å². The second-order valence-corrected chi connectivity index (χ2v) is 5.13. The Labute approximate surface area is 122 Å². The quantitative estimate of drug-likeness (QED) is 0.830. The monoisotopic (exact) mass is 284 g/mol. The molecule has 2 aromatic carbocycles. The maximum Gasteiger partial charge on any atom is 0.163 e. The molecule has 2 aliphatic rings. The van der Waals surface area contributed by atoms with E-state index in [1.54, 1.807) is 6.07 Å². The number of hydrogen-bond acceptors (Lipinski definition) is 5. The minimum Gasteiger partial charge on any atom is -0.491 e. The van der Waals surface area contributed by atoms with Crippen LogP contribution in [0, 0.1) is 0 Å². The van der Waals surface area contributed by atoms with Crippen LogP contribution in [0.3, 0.4) is 0 Å². The van der Waals surface area contributed by atoms with Crippen molar-refractivity contribution in [3.63, 3.8) is 0 Å². The fourth-order valence-electron chi connectivity index (χ4n) is 2.70. The van der Waals surface area contributed by atoms with E-state index in [1.807, 2.05) is 24.3 Å². The first-order valence-electron chi connectivity index (χ1n) is 6.98. The van der Waals surface area contributed by atoms with Crippen molar-refractivity contribution < 1.29 is 14.2 Å². The van der Waals surface area contributed by atoms with Crippen molar-refractivity contribution in [1.29, 1.82) is 0 Å². The van der Waals surface area contributed by atoms with Gasteiger partial charge in [0.05, 0.1) is 17.4 Å². The van der Waals surface area contributed by atoms with E-state index in [4.69, 9.17) is 19.9 Å². The van der Waals surface area contributed by atoms with Gasteiger partial charge in [0.25, 0.3) is 0 Å². The SMILES string of the molecule is Nc1cc2c(cc1NC1COc3ccccc31)OCCO2. The summed E-state index contributed by atoms with van der Waals surface area (Å²) in [6, 6.07) is 11.8. The summed E-state index contributed by atoms with van der Waals surface area (Å²) >= 11 is 0. The highest BCUT2D eigenvalue weighted by Crippen LogP contribution is 2.40. The average Bonchev–Trinajstić information content (AvgIpc) is 2.91. The van der Waals surface area contributed by atoms with Gasteiger partial charge in [-0.2, -0.15) is 0 Å². The average molecular weight is 284 g/mol. The molecular weight excluding hydrogens is 268 g/mol. The van der Waals surface area contributed by atoms with Crippen LogP contribution in [0.2, 0.25) is 0 Å². The summed E-state index contributed by atoms with van der Waals surface area (Å²) in [6.45, 7) is 1.71. The van der Waals surface area contributed by atoms with Crippen LogP contribution in [0.4, 0.5) is 11.4 Å². The van der Waals surface area contributed by atoms with Crippen molar-refractivity contribution in [2.24, 2.45) is 0 Å². The number of hydrogen-bond donors (Lipinski definition) is 2. The van der Waals surface area contributed by atoms with Gasteiger partial charge < -0.3 is 25.3 Å². The molecular formula is C16H16N2O3. The number of rotatable bonds is 2. The molecule has 2 aliphatic heterocycles. The fraction of sp³-hybridized carbons (Fsp3) is 0.250. The van der Waals surface area contributed by atoms with Crippen molar-refractivity contribution in [3.8, 4) is 17.2 Å². The summed E-state index contributed by atoms with van der Waals surface area (Å²) in [4.78, 5) is 0. The second-order valence-electron chi connectivity index (χ2n) is 5.13. The molecule has 2 aromatic rings. The molecule has 0 aromatic heterocycles. The molecule has 5 heteroatoms. The number of nitrogen functional groups attached to an aromatic ring is 1. The Kier molecular flexibility index (Phi) is 2.77. The number of fused-ring (bicyclic) bond motifs is 2. The molecule has 21 heavy (non-hydrogen) atoms. The van der Waals surface area contributed by atoms with E-state index in [0.29, 0.717) is 31.3 Å². The zero-order valence-corrected chi connectivity index (χ0v) is 11.5. The van der Waals surface area contributed by atoms with Crippen LogP contribution in [-0.4, -0.2) is 19.8 Å². The molecule has 0 spiro atoms. The molecule has 0 saturated heterocycles. The Balaban J connectivity index is 1.63. The third-order valence-corrected chi connectivity index (χ3v) is 3.74. The lowest BCUT2D eigenvalue weighted by Gasteiger charge is -2.22. The number of benzene rings is 2. The van der Waals surface area contributed by atoms with Crippen LogP contribution >= 0.6 is 0 Å². The molecule has 0 bridgehead atoms. The molecule has 0 aliphatic carbocycles. The Morgan fingerprint density at radius 1 is 0.952 bits per heavy atom. The van der Waals surface area contributed by atoms with Crippen molar-refractivity contribution >= 4 is 11.4 Å². The van der Waals surface area contributed by atoms with Gasteiger partial charge in [-0.3, -0.25) is 0 Å². The van der Waals surface area contributed by atoms with Gasteiger partial charge in [-0.05, 0) is 6.07 Å². The van der Waals surface area contributed by atoms with Gasteiger partial charge in [-0.1, -0.05) is 18.2 Å². The van der Waals surface area contributed by atoms with Crippen molar-refractivity contribution in [1.82, 2.24) is 0 Å². The van der Waals surface area contributed by atoms with Crippen molar-refractivity contribution in [2.45, 2.75) is 6.04 Å². The van der Waals surface area contributed by atoms with Crippen LogP contribution in [0.5, 0.6) is 17.2 Å². The highest BCUT2D eigenvalue weighted by atomic mass is 16.6. The fourth-order valence-corrected chi connectivity index (χ4v) is 2.70. The number of nitrogens with one attached hydrogen (secondary N) is 1. The van der Waals surface area contributed by atoms with Gasteiger partial charge in [0, 0.05) is 17.7 Å². The number of ether oxygens (including phenoxy) is 3. The van der Waals surface area contributed by atoms with Gasteiger partial charge in [0.15, 0.2) is 11.5 Å². The summed E-state index contributed by atoms with van der Waals surface area (Å²) < 4.78 is 16.8. The normalized spacial score (nSPS) is 18.8.